The van der Waals surface area contributed by atoms with E-state index >= 15 is 0 Å². The van der Waals surface area contributed by atoms with Crippen LogP contribution in [0.3, 0.4) is 0 Å². The number of nitrogens with one attached hydrogen (secondary N) is 2. The van der Waals surface area contributed by atoms with Crippen molar-refractivity contribution in [1.82, 2.24) is 5.32 Å². The summed E-state index contributed by atoms with van der Waals surface area (Å²) in [5, 5.41) is 15.1. The highest BCUT2D eigenvalue weighted by Crippen LogP contribution is 2.20. The van der Waals surface area contributed by atoms with E-state index in [2.05, 4.69) is 10.6 Å². The Morgan fingerprint density at radius 2 is 2.11 bits per heavy atom. The Labute approximate surface area is 112 Å². The van der Waals surface area contributed by atoms with Gasteiger partial charge in [0.15, 0.2) is 0 Å². The minimum Gasteiger partial charge on any atom is -0.478 e. The third kappa shape index (κ3) is 3.32. The van der Waals surface area contributed by atoms with Gasteiger partial charge in [-0.15, -0.1) is 0 Å². The van der Waals surface area contributed by atoms with Crippen molar-refractivity contribution in [3.63, 3.8) is 0 Å². The predicted octanol–water partition coefficient (Wildman–Crippen LogP) is 1.71. The maximum Gasteiger partial charge on any atom is 0.337 e. The van der Waals surface area contributed by atoms with Crippen molar-refractivity contribution < 1.29 is 14.7 Å². The quantitative estimate of drug-likeness (QED) is 0.775. The summed E-state index contributed by atoms with van der Waals surface area (Å²) in [6.45, 7) is 2.87. The number of carbonyl (C=O) groups is 2. The largest absolute Gasteiger partial charge is 0.478 e. The van der Waals surface area contributed by atoms with Gasteiger partial charge in [0, 0.05) is 12.0 Å². The third-order valence-corrected chi connectivity index (χ3v) is 3.41. The van der Waals surface area contributed by atoms with Gasteiger partial charge in [-0.05, 0) is 38.4 Å². The van der Waals surface area contributed by atoms with E-state index in [4.69, 9.17) is 5.11 Å². The highest BCUT2D eigenvalue weighted by atomic mass is 16.4. The molecule has 1 aliphatic heterocycles. The average molecular weight is 262 g/mol. The molecule has 0 radical (unpaired) electrons. The van der Waals surface area contributed by atoms with Crippen LogP contribution in [0.1, 0.15) is 30.1 Å². The van der Waals surface area contributed by atoms with E-state index in [1.807, 2.05) is 6.92 Å². The number of hydrogen-bond acceptors (Lipinski definition) is 3. The number of anilines is 1. The fourth-order valence-electron chi connectivity index (χ4n) is 2.38. The zero-order valence-electron chi connectivity index (χ0n) is 10.8. The maximum atomic E-state index is 12.2. The van der Waals surface area contributed by atoms with Gasteiger partial charge in [0.2, 0.25) is 5.91 Å². The smallest absolute Gasteiger partial charge is 0.337 e. The van der Waals surface area contributed by atoms with Crippen LogP contribution in [0.5, 0.6) is 0 Å². The summed E-state index contributed by atoms with van der Waals surface area (Å²) in [6.07, 6.45) is 1.56. The number of hydrogen-bond donors (Lipinski definition) is 3. The number of carbonyl (C=O) groups excluding carboxylic acids is 1. The van der Waals surface area contributed by atoms with Gasteiger partial charge in [-0.3, -0.25) is 4.79 Å². The average Bonchev–Trinajstić information content (AvgIpc) is 2.39. The van der Waals surface area contributed by atoms with E-state index in [1.165, 1.54) is 6.07 Å². The van der Waals surface area contributed by atoms with Crippen molar-refractivity contribution in [2.24, 2.45) is 5.92 Å². The second-order valence-electron chi connectivity index (χ2n) is 4.92. The summed E-state index contributed by atoms with van der Waals surface area (Å²) in [7, 11) is 0. The van der Waals surface area contributed by atoms with Crippen LogP contribution in [0.25, 0.3) is 0 Å². The topological polar surface area (TPSA) is 78.4 Å². The predicted molar refractivity (Wildman–Crippen MR) is 72.2 cm³/mol. The Kier molecular flexibility index (Phi) is 4.16. The van der Waals surface area contributed by atoms with Gasteiger partial charge in [-0.1, -0.05) is 12.1 Å². The summed E-state index contributed by atoms with van der Waals surface area (Å²) in [5.41, 5.74) is 0.490. The Morgan fingerprint density at radius 3 is 2.79 bits per heavy atom. The zero-order valence-corrected chi connectivity index (χ0v) is 10.8. The number of piperidine rings is 1. The molecular formula is C14H18N2O3. The van der Waals surface area contributed by atoms with Crippen LogP contribution in [-0.4, -0.2) is 29.6 Å². The number of benzene rings is 1. The number of carboxylic acid groups (broad SMARTS) is 1. The molecule has 0 saturated carbocycles. The molecule has 1 fully saturated rings. The molecule has 1 amide bonds. The summed E-state index contributed by atoms with van der Waals surface area (Å²) in [4.78, 5) is 23.2. The molecule has 1 saturated heterocycles. The number of amides is 1. The normalized spacial score (nSPS) is 22.8. The standard InChI is InChI=1S/C14H18N2O3/c1-9-8-10(6-7-15-9)13(17)16-12-5-3-2-4-11(12)14(18)19/h2-5,9-10,15H,6-8H2,1H3,(H,16,17)(H,18,19). The van der Waals surface area contributed by atoms with Gasteiger partial charge in [0.05, 0.1) is 11.3 Å². The van der Waals surface area contributed by atoms with E-state index < -0.39 is 5.97 Å². The van der Waals surface area contributed by atoms with Crippen molar-refractivity contribution in [1.29, 1.82) is 0 Å². The first kappa shape index (κ1) is 13.5. The molecule has 0 aliphatic carbocycles. The molecule has 3 N–H and O–H groups in total. The molecule has 2 unspecified atom stereocenters. The van der Waals surface area contributed by atoms with Gasteiger partial charge in [-0.2, -0.15) is 0 Å². The molecule has 102 valence electrons. The lowest BCUT2D eigenvalue weighted by Gasteiger charge is -2.27. The third-order valence-electron chi connectivity index (χ3n) is 3.41. The van der Waals surface area contributed by atoms with Gasteiger partial charge >= 0.3 is 5.97 Å². The molecule has 0 bridgehead atoms. The Bertz CT molecular complexity index is 487. The molecule has 2 rings (SSSR count). The second kappa shape index (κ2) is 5.84. The summed E-state index contributed by atoms with van der Waals surface area (Å²) in [6, 6.07) is 6.78. The van der Waals surface area contributed by atoms with Crippen molar-refractivity contribution >= 4 is 17.6 Å². The lowest BCUT2D eigenvalue weighted by molar-refractivity contribution is -0.120. The minimum absolute atomic E-state index is 0.0573. The summed E-state index contributed by atoms with van der Waals surface area (Å²) < 4.78 is 0. The minimum atomic E-state index is -1.03. The van der Waals surface area contributed by atoms with Crippen LogP contribution >= 0.6 is 0 Å². The zero-order chi connectivity index (χ0) is 13.8. The van der Waals surface area contributed by atoms with Crippen molar-refractivity contribution in [3.05, 3.63) is 29.8 Å². The Hall–Kier alpha value is -1.88. The van der Waals surface area contributed by atoms with Crippen LogP contribution in [0.2, 0.25) is 0 Å². The lowest BCUT2D eigenvalue weighted by Crippen LogP contribution is -2.40. The monoisotopic (exact) mass is 262 g/mol. The van der Waals surface area contributed by atoms with Crippen molar-refractivity contribution in [2.45, 2.75) is 25.8 Å². The second-order valence-corrected chi connectivity index (χ2v) is 4.92. The number of aromatic carboxylic acids is 1. The highest BCUT2D eigenvalue weighted by Gasteiger charge is 2.25. The van der Waals surface area contributed by atoms with Crippen LogP contribution < -0.4 is 10.6 Å². The molecule has 0 aromatic heterocycles. The van der Waals surface area contributed by atoms with Gasteiger partial charge in [0.25, 0.3) is 0 Å². The first-order valence-corrected chi connectivity index (χ1v) is 6.44. The fourth-order valence-corrected chi connectivity index (χ4v) is 2.38. The first-order valence-electron chi connectivity index (χ1n) is 6.44. The Morgan fingerprint density at radius 1 is 1.37 bits per heavy atom. The molecule has 2 atom stereocenters. The molecule has 0 spiro atoms. The molecular weight excluding hydrogens is 244 g/mol. The van der Waals surface area contributed by atoms with E-state index in [9.17, 15) is 9.59 Å². The number of rotatable bonds is 3. The van der Waals surface area contributed by atoms with Crippen LogP contribution in [-0.2, 0) is 4.79 Å². The summed E-state index contributed by atoms with van der Waals surface area (Å²) >= 11 is 0. The fraction of sp³-hybridized carbons (Fsp3) is 0.429. The molecule has 5 nitrogen and oxygen atoms in total. The van der Waals surface area contributed by atoms with Crippen LogP contribution in [0.4, 0.5) is 5.69 Å². The molecule has 19 heavy (non-hydrogen) atoms. The number of carboxylic acids is 1. The number of para-hydroxylation sites is 1. The van der Waals surface area contributed by atoms with E-state index in [1.54, 1.807) is 18.2 Å². The van der Waals surface area contributed by atoms with Gasteiger partial charge < -0.3 is 15.7 Å². The van der Waals surface area contributed by atoms with E-state index in [0.717, 1.165) is 19.4 Å². The highest BCUT2D eigenvalue weighted by molar-refractivity contribution is 6.01. The SMILES string of the molecule is CC1CC(C(=O)Nc2ccccc2C(=O)O)CCN1. The first-order chi connectivity index (χ1) is 9.08. The summed E-state index contributed by atoms with van der Waals surface area (Å²) in [5.74, 6) is -1.19. The maximum absolute atomic E-state index is 12.2. The van der Waals surface area contributed by atoms with Crippen LogP contribution in [0.15, 0.2) is 24.3 Å². The van der Waals surface area contributed by atoms with Gasteiger partial charge in [0.1, 0.15) is 0 Å². The molecule has 1 aromatic carbocycles. The molecule has 1 heterocycles. The molecule has 1 aliphatic rings. The van der Waals surface area contributed by atoms with Crippen molar-refractivity contribution in [2.75, 3.05) is 11.9 Å². The van der Waals surface area contributed by atoms with Crippen molar-refractivity contribution in [3.8, 4) is 0 Å². The Balaban J connectivity index is 2.08. The van der Waals surface area contributed by atoms with Gasteiger partial charge in [-0.25, -0.2) is 4.79 Å². The van der Waals surface area contributed by atoms with E-state index in [0.29, 0.717) is 11.7 Å². The van der Waals surface area contributed by atoms with E-state index in [-0.39, 0.29) is 17.4 Å². The molecule has 5 heteroatoms. The molecule has 1 aromatic rings. The van der Waals surface area contributed by atoms with Crippen LogP contribution in [0, 0.1) is 5.92 Å². The lowest BCUT2D eigenvalue weighted by atomic mass is 9.92.